The van der Waals surface area contributed by atoms with E-state index in [1.54, 1.807) is 14.2 Å². The average Bonchev–Trinajstić information content (AvgIpc) is 2.52. The van der Waals surface area contributed by atoms with Crippen LogP contribution in [0.25, 0.3) is 0 Å². The first-order chi connectivity index (χ1) is 9.76. The molecule has 0 aliphatic rings. The van der Waals surface area contributed by atoms with E-state index in [4.69, 9.17) is 14.2 Å². The van der Waals surface area contributed by atoms with Gasteiger partial charge in [0.15, 0.2) is 0 Å². The molecule has 0 unspecified atom stereocenters. The SMILES string of the molecule is CCc1ccccc1COc1cc(OC)cc(OC)c1. The van der Waals surface area contributed by atoms with Gasteiger partial charge >= 0.3 is 0 Å². The molecule has 0 amide bonds. The van der Waals surface area contributed by atoms with Crippen molar-refractivity contribution in [1.82, 2.24) is 0 Å². The van der Waals surface area contributed by atoms with E-state index in [0.29, 0.717) is 6.61 Å². The van der Waals surface area contributed by atoms with Gasteiger partial charge in [0.2, 0.25) is 0 Å². The largest absolute Gasteiger partial charge is 0.496 e. The van der Waals surface area contributed by atoms with Crippen LogP contribution in [-0.4, -0.2) is 14.2 Å². The minimum Gasteiger partial charge on any atom is -0.496 e. The highest BCUT2D eigenvalue weighted by molar-refractivity contribution is 5.42. The van der Waals surface area contributed by atoms with Crippen molar-refractivity contribution < 1.29 is 14.2 Å². The minimum atomic E-state index is 0.542. The van der Waals surface area contributed by atoms with Crippen LogP contribution in [0.15, 0.2) is 42.5 Å². The number of rotatable bonds is 6. The van der Waals surface area contributed by atoms with Crippen molar-refractivity contribution in [2.45, 2.75) is 20.0 Å². The van der Waals surface area contributed by atoms with Crippen LogP contribution >= 0.6 is 0 Å². The Morgan fingerprint density at radius 1 is 0.800 bits per heavy atom. The minimum absolute atomic E-state index is 0.542. The topological polar surface area (TPSA) is 27.7 Å². The number of aryl methyl sites for hydroxylation is 1. The van der Waals surface area contributed by atoms with Gasteiger partial charge in [-0.15, -0.1) is 0 Å². The van der Waals surface area contributed by atoms with Crippen LogP contribution in [0.1, 0.15) is 18.1 Å². The molecule has 0 aliphatic heterocycles. The Hall–Kier alpha value is -2.16. The highest BCUT2D eigenvalue weighted by Crippen LogP contribution is 2.28. The molecule has 2 aromatic rings. The fraction of sp³-hybridized carbons (Fsp3) is 0.294. The maximum Gasteiger partial charge on any atom is 0.127 e. The number of ether oxygens (including phenoxy) is 3. The first-order valence-electron chi connectivity index (χ1n) is 6.69. The Morgan fingerprint density at radius 3 is 1.90 bits per heavy atom. The zero-order valence-corrected chi connectivity index (χ0v) is 12.2. The third-order valence-electron chi connectivity index (χ3n) is 3.22. The first-order valence-corrected chi connectivity index (χ1v) is 6.69. The summed E-state index contributed by atoms with van der Waals surface area (Å²) in [6, 6.07) is 13.9. The predicted molar refractivity (Wildman–Crippen MR) is 79.7 cm³/mol. The second kappa shape index (κ2) is 6.85. The summed E-state index contributed by atoms with van der Waals surface area (Å²) in [5.74, 6) is 2.19. The monoisotopic (exact) mass is 272 g/mol. The molecule has 0 saturated carbocycles. The van der Waals surface area contributed by atoms with E-state index in [1.807, 2.05) is 24.3 Å². The molecule has 3 nitrogen and oxygen atoms in total. The lowest BCUT2D eigenvalue weighted by molar-refractivity contribution is 0.299. The summed E-state index contributed by atoms with van der Waals surface area (Å²) in [7, 11) is 3.26. The van der Waals surface area contributed by atoms with E-state index in [2.05, 4.69) is 25.1 Å². The van der Waals surface area contributed by atoms with Gasteiger partial charge < -0.3 is 14.2 Å². The number of methoxy groups -OCH3 is 2. The Balaban J connectivity index is 2.14. The Labute approximate surface area is 120 Å². The van der Waals surface area contributed by atoms with Crippen molar-refractivity contribution in [3.63, 3.8) is 0 Å². The van der Waals surface area contributed by atoms with Gasteiger partial charge in [-0.3, -0.25) is 0 Å². The lowest BCUT2D eigenvalue weighted by Gasteiger charge is -2.12. The third-order valence-corrected chi connectivity index (χ3v) is 3.22. The summed E-state index contributed by atoms with van der Waals surface area (Å²) in [4.78, 5) is 0. The van der Waals surface area contributed by atoms with Gasteiger partial charge in [0.1, 0.15) is 23.9 Å². The summed E-state index contributed by atoms with van der Waals surface area (Å²) in [6.07, 6.45) is 1.00. The zero-order chi connectivity index (χ0) is 14.4. The standard InChI is InChI=1S/C17H20O3/c1-4-13-7-5-6-8-14(13)12-20-17-10-15(18-2)9-16(11-17)19-3/h5-11H,4,12H2,1-3H3. The van der Waals surface area contributed by atoms with E-state index in [0.717, 1.165) is 23.7 Å². The molecule has 20 heavy (non-hydrogen) atoms. The summed E-state index contributed by atoms with van der Waals surface area (Å²) in [6.45, 7) is 2.69. The summed E-state index contributed by atoms with van der Waals surface area (Å²) < 4.78 is 16.3. The number of benzene rings is 2. The van der Waals surface area contributed by atoms with Crippen molar-refractivity contribution in [3.8, 4) is 17.2 Å². The van der Waals surface area contributed by atoms with Crippen LogP contribution in [0, 0.1) is 0 Å². The van der Waals surface area contributed by atoms with Crippen molar-refractivity contribution in [1.29, 1.82) is 0 Å². The maximum absolute atomic E-state index is 5.86. The molecule has 0 heterocycles. The van der Waals surface area contributed by atoms with Crippen molar-refractivity contribution in [2.75, 3.05) is 14.2 Å². The van der Waals surface area contributed by atoms with Crippen LogP contribution in [-0.2, 0) is 13.0 Å². The molecule has 0 radical (unpaired) electrons. The molecule has 0 fully saturated rings. The second-order valence-corrected chi connectivity index (χ2v) is 4.46. The summed E-state index contributed by atoms with van der Waals surface area (Å²) in [5, 5.41) is 0. The van der Waals surface area contributed by atoms with Gasteiger partial charge in [-0.05, 0) is 17.5 Å². The number of hydrogen-bond donors (Lipinski definition) is 0. The van der Waals surface area contributed by atoms with E-state index < -0.39 is 0 Å². The van der Waals surface area contributed by atoms with Gasteiger partial charge in [-0.25, -0.2) is 0 Å². The Morgan fingerprint density at radius 2 is 1.35 bits per heavy atom. The molecule has 2 aromatic carbocycles. The second-order valence-electron chi connectivity index (χ2n) is 4.46. The van der Waals surface area contributed by atoms with Crippen LogP contribution in [0.3, 0.4) is 0 Å². The van der Waals surface area contributed by atoms with Gasteiger partial charge in [0, 0.05) is 18.2 Å². The molecule has 0 aliphatic carbocycles. The van der Waals surface area contributed by atoms with Crippen molar-refractivity contribution >= 4 is 0 Å². The van der Waals surface area contributed by atoms with Gasteiger partial charge in [-0.2, -0.15) is 0 Å². The normalized spacial score (nSPS) is 10.2. The van der Waals surface area contributed by atoms with E-state index in [1.165, 1.54) is 11.1 Å². The molecule has 0 atom stereocenters. The smallest absolute Gasteiger partial charge is 0.127 e. The fourth-order valence-corrected chi connectivity index (χ4v) is 2.07. The molecule has 0 saturated heterocycles. The predicted octanol–water partition coefficient (Wildman–Crippen LogP) is 3.85. The summed E-state index contributed by atoms with van der Waals surface area (Å²) in [5.41, 5.74) is 2.51. The molecule has 2 rings (SSSR count). The Bertz CT molecular complexity index is 542. The maximum atomic E-state index is 5.86. The highest BCUT2D eigenvalue weighted by atomic mass is 16.5. The van der Waals surface area contributed by atoms with Crippen LogP contribution in [0.5, 0.6) is 17.2 Å². The lowest BCUT2D eigenvalue weighted by atomic mass is 10.1. The van der Waals surface area contributed by atoms with Gasteiger partial charge in [-0.1, -0.05) is 31.2 Å². The molecular formula is C17H20O3. The molecule has 0 spiro atoms. The highest BCUT2D eigenvalue weighted by Gasteiger charge is 2.05. The van der Waals surface area contributed by atoms with Crippen LogP contribution < -0.4 is 14.2 Å². The van der Waals surface area contributed by atoms with Crippen molar-refractivity contribution in [3.05, 3.63) is 53.6 Å². The number of hydrogen-bond acceptors (Lipinski definition) is 3. The van der Waals surface area contributed by atoms with Crippen molar-refractivity contribution in [2.24, 2.45) is 0 Å². The van der Waals surface area contributed by atoms with E-state index >= 15 is 0 Å². The molecule has 0 aromatic heterocycles. The molecule has 0 N–H and O–H groups in total. The van der Waals surface area contributed by atoms with E-state index in [9.17, 15) is 0 Å². The average molecular weight is 272 g/mol. The lowest BCUT2D eigenvalue weighted by Crippen LogP contribution is -2.00. The fourth-order valence-electron chi connectivity index (χ4n) is 2.07. The molecule has 106 valence electrons. The first kappa shape index (κ1) is 14.3. The van der Waals surface area contributed by atoms with Crippen LogP contribution in [0.4, 0.5) is 0 Å². The van der Waals surface area contributed by atoms with Crippen LogP contribution in [0.2, 0.25) is 0 Å². The van der Waals surface area contributed by atoms with Gasteiger partial charge in [0.05, 0.1) is 14.2 Å². The summed E-state index contributed by atoms with van der Waals surface area (Å²) >= 11 is 0. The molecule has 3 heteroatoms. The van der Waals surface area contributed by atoms with Gasteiger partial charge in [0.25, 0.3) is 0 Å². The molecule has 0 bridgehead atoms. The molecular weight excluding hydrogens is 252 g/mol. The third kappa shape index (κ3) is 3.44. The van der Waals surface area contributed by atoms with E-state index in [-0.39, 0.29) is 0 Å². The zero-order valence-electron chi connectivity index (χ0n) is 12.2. The Kier molecular flexibility index (Phi) is 4.88. The quantitative estimate of drug-likeness (QED) is 0.799.